The number of carbonyl (C=O) groups is 1. The second-order valence-corrected chi connectivity index (χ2v) is 3.37. The number of aromatic carboxylic acids is 1. The zero-order chi connectivity index (χ0) is 9.97. The molecular formula is C9H12N2O3. The van der Waals surface area contributed by atoms with Crippen LogP contribution in [0.25, 0.3) is 0 Å². The van der Waals surface area contributed by atoms with Crippen LogP contribution in [0.2, 0.25) is 0 Å². The summed E-state index contributed by atoms with van der Waals surface area (Å²) in [7, 11) is 0. The van der Waals surface area contributed by atoms with Crippen molar-refractivity contribution < 1.29 is 14.3 Å². The molecule has 0 spiro atoms. The number of aromatic nitrogens is 1. The van der Waals surface area contributed by atoms with E-state index in [1.54, 1.807) is 0 Å². The fourth-order valence-electron chi connectivity index (χ4n) is 1.74. The Labute approximate surface area is 81.1 Å². The Morgan fingerprint density at radius 3 is 3.14 bits per heavy atom. The topological polar surface area (TPSA) is 75.4 Å². The maximum Gasteiger partial charge on any atom is 0.358 e. The van der Waals surface area contributed by atoms with E-state index >= 15 is 0 Å². The zero-order valence-electron chi connectivity index (χ0n) is 7.69. The van der Waals surface area contributed by atoms with E-state index in [9.17, 15) is 4.79 Å². The standard InChI is InChI=1S/C9H12N2O3/c12-9(13)7-8(14-5-11-7)6-3-1-2-4-10-6/h5-6,10H,1-4H2,(H,12,13)/t6-/m0/s1. The van der Waals surface area contributed by atoms with E-state index in [0.29, 0.717) is 5.76 Å². The van der Waals surface area contributed by atoms with Gasteiger partial charge in [0, 0.05) is 0 Å². The lowest BCUT2D eigenvalue weighted by Crippen LogP contribution is -2.27. The van der Waals surface area contributed by atoms with Crippen molar-refractivity contribution in [3.8, 4) is 0 Å². The van der Waals surface area contributed by atoms with Gasteiger partial charge < -0.3 is 14.8 Å². The van der Waals surface area contributed by atoms with Gasteiger partial charge in [-0.3, -0.25) is 0 Å². The van der Waals surface area contributed by atoms with Gasteiger partial charge in [-0.15, -0.1) is 0 Å². The first-order valence-electron chi connectivity index (χ1n) is 4.69. The fraction of sp³-hybridized carbons (Fsp3) is 0.556. The lowest BCUT2D eigenvalue weighted by molar-refractivity contribution is 0.0687. The third-order valence-corrected chi connectivity index (χ3v) is 2.42. The predicted molar refractivity (Wildman–Crippen MR) is 48.1 cm³/mol. The van der Waals surface area contributed by atoms with Crippen LogP contribution in [0.1, 0.15) is 41.6 Å². The molecule has 2 N–H and O–H groups in total. The van der Waals surface area contributed by atoms with Gasteiger partial charge in [-0.25, -0.2) is 9.78 Å². The predicted octanol–water partition coefficient (Wildman–Crippen LogP) is 1.19. The van der Waals surface area contributed by atoms with Crippen molar-refractivity contribution in [2.45, 2.75) is 25.3 Å². The molecule has 2 heterocycles. The van der Waals surface area contributed by atoms with Gasteiger partial charge in [0.15, 0.2) is 17.8 Å². The Morgan fingerprint density at radius 1 is 1.64 bits per heavy atom. The smallest absolute Gasteiger partial charge is 0.358 e. The summed E-state index contributed by atoms with van der Waals surface area (Å²) >= 11 is 0. The number of rotatable bonds is 2. The van der Waals surface area contributed by atoms with Crippen molar-refractivity contribution in [2.75, 3.05) is 6.54 Å². The molecule has 1 aliphatic rings. The number of hydrogen-bond donors (Lipinski definition) is 2. The van der Waals surface area contributed by atoms with E-state index in [4.69, 9.17) is 9.52 Å². The molecule has 5 heteroatoms. The van der Waals surface area contributed by atoms with Crippen LogP contribution in [0.15, 0.2) is 10.8 Å². The van der Waals surface area contributed by atoms with Gasteiger partial charge in [-0.2, -0.15) is 0 Å². The van der Waals surface area contributed by atoms with Crippen LogP contribution in [0.4, 0.5) is 0 Å². The molecule has 1 aromatic heterocycles. The van der Waals surface area contributed by atoms with E-state index in [2.05, 4.69) is 10.3 Å². The SMILES string of the molecule is O=C(O)c1ncoc1[C@@H]1CCCCN1. The molecule has 0 aliphatic carbocycles. The Hall–Kier alpha value is -1.36. The molecule has 76 valence electrons. The molecule has 0 bridgehead atoms. The van der Waals surface area contributed by atoms with Gasteiger partial charge in [0.1, 0.15) is 0 Å². The Morgan fingerprint density at radius 2 is 2.50 bits per heavy atom. The van der Waals surface area contributed by atoms with Gasteiger partial charge in [-0.05, 0) is 19.4 Å². The summed E-state index contributed by atoms with van der Waals surface area (Å²) in [6.07, 6.45) is 4.33. The minimum absolute atomic E-state index is 0.0114. The van der Waals surface area contributed by atoms with Crippen LogP contribution < -0.4 is 5.32 Å². The lowest BCUT2D eigenvalue weighted by atomic mass is 10.0. The maximum atomic E-state index is 10.8. The third kappa shape index (κ3) is 1.63. The van der Waals surface area contributed by atoms with Crippen LogP contribution >= 0.6 is 0 Å². The molecule has 5 nitrogen and oxygen atoms in total. The monoisotopic (exact) mass is 196 g/mol. The largest absolute Gasteiger partial charge is 0.476 e. The lowest BCUT2D eigenvalue weighted by Gasteiger charge is -2.21. The van der Waals surface area contributed by atoms with E-state index in [0.717, 1.165) is 25.8 Å². The van der Waals surface area contributed by atoms with Crippen molar-refractivity contribution in [1.29, 1.82) is 0 Å². The molecule has 0 saturated carbocycles. The minimum Gasteiger partial charge on any atom is -0.476 e. The first kappa shape index (κ1) is 9.21. The van der Waals surface area contributed by atoms with Crippen LogP contribution in [0.5, 0.6) is 0 Å². The molecular weight excluding hydrogens is 184 g/mol. The van der Waals surface area contributed by atoms with Crippen molar-refractivity contribution in [1.82, 2.24) is 10.3 Å². The van der Waals surface area contributed by atoms with Crippen LogP contribution in [-0.2, 0) is 0 Å². The van der Waals surface area contributed by atoms with E-state index < -0.39 is 5.97 Å². The summed E-state index contributed by atoms with van der Waals surface area (Å²) in [4.78, 5) is 14.5. The molecule has 1 aromatic rings. The fourth-order valence-corrected chi connectivity index (χ4v) is 1.74. The number of nitrogens with one attached hydrogen (secondary N) is 1. The first-order valence-corrected chi connectivity index (χ1v) is 4.69. The average molecular weight is 196 g/mol. The van der Waals surface area contributed by atoms with Crippen LogP contribution in [0, 0.1) is 0 Å². The number of oxazole rings is 1. The summed E-state index contributed by atoms with van der Waals surface area (Å²) in [6, 6.07) is 0.0114. The third-order valence-electron chi connectivity index (χ3n) is 2.42. The molecule has 0 unspecified atom stereocenters. The van der Waals surface area contributed by atoms with E-state index in [1.165, 1.54) is 6.39 Å². The summed E-state index contributed by atoms with van der Waals surface area (Å²) in [5.74, 6) is -0.571. The van der Waals surface area contributed by atoms with Crippen molar-refractivity contribution in [3.63, 3.8) is 0 Å². The van der Waals surface area contributed by atoms with E-state index in [1.807, 2.05) is 0 Å². The normalized spacial score (nSPS) is 22.1. The van der Waals surface area contributed by atoms with Gasteiger partial charge in [0.2, 0.25) is 0 Å². The molecule has 0 radical (unpaired) electrons. The summed E-state index contributed by atoms with van der Waals surface area (Å²) in [5, 5.41) is 12.1. The zero-order valence-corrected chi connectivity index (χ0v) is 7.69. The number of nitrogens with zero attached hydrogens (tertiary/aromatic N) is 1. The number of hydrogen-bond acceptors (Lipinski definition) is 4. The summed E-state index contributed by atoms with van der Waals surface area (Å²) < 4.78 is 5.11. The molecule has 1 aliphatic heterocycles. The average Bonchev–Trinajstić information content (AvgIpc) is 2.67. The second-order valence-electron chi connectivity index (χ2n) is 3.37. The van der Waals surface area contributed by atoms with Gasteiger partial charge >= 0.3 is 5.97 Å². The highest BCUT2D eigenvalue weighted by molar-refractivity contribution is 5.86. The highest BCUT2D eigenvalue weighted by atomic mass is 16.4. The van der Waals surface area contributed by atoms with Crippen molar-refractivity contribution >= 4 is 5.97 Å². The van der Waals surface area contributed by atoms with Gasteiger partial charge in [-0.1, -0.05) is 6.42 Å². The van der Waals surface area contributed by atoms with E-state index in [-0.39, 0.29) is 11.7 Å². The summed E-state index contributed by atoms with van der Waals surface area (Å²) in [6.45, 7) is 0.907. The minimum atomic E-state index is -1.03. The molecule has 0 amide bonds. The molecule has 1 saturated heterocycles. The van der Waals surface area contributed by atoms with Crippen molar-refractivity contribution in [2.24, 2.45) is 0 Å². The highest BCUT2D eigenvalue weighted by Crippen LogP contribution is 2.25. The first-order chi connectivity index (χ1) is 6.79. The Balaban J connectivity index is 2.21. The number of carboxylic acid groups (broad SMARTS) is 1. The van der Waals surface area contributed by atoms with Crippen LogP contribution in [0.3, 0.4) is 0 Å². The molecule has 1 fully saturated rings. The maximum absolute atomic E-state index is 10.8. The van der Waals surface area contributed by atoms with Crippen molar-refractivity contribution in [3.05, 3.63) is 17.8 Å². The molecule has 14 heavy (non-hydrogen) atoms. The Bertz CT molecular complexity index is 329. The van der Waals surface area contributed by atoms with Crippen LogP contribution in [-0.4, -0.2) is 22.6 Å². The molecule has 2 rings (SSSR count). The molecule has 1 atom stereocenters. The molecule has 0 aromatic carbocycles. The second kappa shape index (κ2) is 3.79. The quantitative estimate of drug-likeness (QED) is 0.743. The number of piperidine rings is 1. The highest BCUT2D eigenvalue weighted by Gasteiger charge is 2.25. The Kier molecular flexibility index (Phi) is 2.49. The van der Waals surface area contributed by atoms with Gasteiger partial charge in [0.25, 0.3) is 0 Å². The number of carboxylic acids is 1. The van der Waals surface area contributed by atoms with Gasteiger partial charge in [0.05, 0.1) is 6.04 Å². The summed E-state index contributed by atoms with van der Waals surface area (Å²) in [5.41, 5.74) is 0.0319.